The van der Waals surface area contributed by atoms with E-state index in [1.54, 1.807) is 0 Å². The molecule has 0 aromatic heterocycles. The molecule has 0 aliphatic rings. The molecule has 1 aromatic rings. The second-order valence-corrected chi connectivity index (χ2v) is 4.44. The van der Waals surface area contributed by atoms with Crippen molar-refractivity contribution in [2.45, 2.75) is 20.3 Å². The minimum Gasteiger partial charge on any atom is -0.494 e. The predicted molar refractivity (Wildman–Crippen MR) is 73.4 cm³/mol. The highest BCUT2D eigenvalue weighted by Crippen LogP contribution is 2.08. The summed E-state index contributed by atoms with van der Waals surface area (Å²) in [6.45, 7) is 7.62. The number of hydrogen-bond acceptors (Lipinski definition) is 3. The molecule has 0 N–H and O–H groups in total. The van der Waals surface area contributed by atoms with Gasteiger partial charge in [0.1, 0.15) is 5.75 Å². The summed E-state index contributed by atoms with van der Waals surface area (Å²) in [6, 6.07) is 12.1. The van der Waals surface area contributed by atoms with Crippen LogP contribution in [0.3, 0.4) is 0 Å². The molecule has 0 radical (unpaired) electrons. The third-order valence-electron chi connectivity index (χ3n) is 2.83. The first-order chi connectivity index (χ1) is 8.76. The van der Waals surface area contributed by atoms with Gasteiger partial charge in [0.25, 0.3) is 0 Å². The van der Waals surface area contributed by atoms with Crippen LogP contribution < -0.4 is 4.74 Å². The van der Waals surface area contributed by atoms with E-state index in [0.717, 1.165) is 38.4 Å². The number of rotatable bonds is 8. The Labute approximate surface area is 110 Å². The second kappa shape index (κ2) is 8.54. The van der Waals surface area contributed by atoms with Gasteiger partial charge in [0.15, 0.2) is 0 Å². The third-order valence-corrected chi connectivity index (χ3v) is 2.83. The molecule has 1 rings (SSSR count). The van der Waals surface area contributed by atoms with Gasteiger partial charge in [0.2, 0.25) is 0 Å². The molecule has 0 heterocycles. The van der Waals surface area contributed by atoms with Crippen LogP contribution in [0, 0.1) is 17.2 Å². The second-order valence-electron chi connectivity index (χ2n) is 4.44. The molecule has 0 fully saturated rings. The van der Waals surface area contributed by atoms with Crippen molar-refractivity contribution in [1.82, 2.24) is 4.90 Å². The normalized spacial score (nSPS) is 12.1. The van der Waals surface area contributed by atoms with Crippen molar-refractivity contribution in [3.8, 4) is 11.8 Å². The number of hydrogen-bond donors (Lipinski definition) is 0. The Bertz CT molecular complexity index is 359. The highest BCUT2D eigenvalue weighted by atomic mass is 16.5. The Hall–Kier alpha value is -1.53. The molecule has 1 unspecified atom stereocenters. The van der Waals surface area contributed by atoms with Crippen LogP contribution in [-0.4, -0.2) is 31.1 Å². The zero-order valence-electron chi connectivity index (χ0n) is 11.3. The highest BCUT2D eigenvalue weighted by molar-refractivity contribution is 5.20. The van der Waals surface area contributed by atoms with E-state index < -0.39 is 0 Å². The molecule has 0 bridgehead atoms. The lowest BCUT2D eigenvalue weighted by Gasteiger charge is -2.21. The quantitative estimate of drug-likeness (QED) is 0.662. The van der Waals surface area contributed by atoms with Crippen LogP contribution in [0.25, 0.3) is 0 Å². The zero-order chi connectivity index (χ0) is 13.2. The minimum atomic E-state index is 0.0972. The molecule has 1 atom stereocenters. The topological polar surface area (TPSA) is 36.3 Å². The summed E-state index contributed by atoms with van der Waals surface area (Å²) in [5.41, 5.74) is 0. The molecular formula is C15H22N2O. The van der Waals surface area contributed by atoms with E-state index in [2.05, 4.69) is 17.9 Å². The third kappa shape index (κ3) is 5.70. The average Bonchev–Trinajstić information content (AvgIpc) is 2.43. The molecule has 0 saturated carbocycles. The first-order valence-electron chi connectivity index (χ1n) is 6.56. The average molecular weight is 246 g/mol. The summed E-state index contributed by atoms with van der Waals surface area (Å²) in [4.78, 5) is 2.29. The van der Waals surface area contributed by atoms with Gasteiger partial charge in [0, 0.05) is 13.1 Å². The van der Waals surface area contributed by atoms with Crippen LogP contribution in [0.5, 0.6) is 5.75 Å². The van der Waals surface area contributed by atoms with Crippen molar-refractivity contribution in [3.05, 3.63) is 30.3 Å². The fourth-order valence-electron chi connectivity index (χ4n) is 1.80. The van der Waals surface area contributed by atoms with Crippen molar-refractivity contribution in [1.29, 1.82) is 5.26 Å². The monoisotopic (exact) mass is 246 g/mol. The van der Waals surface area contributed by atoms with E-state index in [-0.39, 0.29) is 5.92 Å². The van der Waals surface area contributed by atoms with Crippen molar-refractivity contribution in [3.63, 3.8) is 0 Å². The molecule has 0 aliphatic carbocycles. The van der Waals surface area contributed by atoms with E-state index >= 15 is 0 Å². The molecule has 3 heteroatoms. The van der Waals surface area contributed by atoms with Gasteiger partial charge in [-0.05, 0) is 32.0 Å². The van der Waals surface area contributed by atoms with Gasteiger partial charge in [-0.3, -0.25) is 0 Å². The Kier molecular flexibility index (Phi) is 6.90. The first kappa shape index (κ1) is 14.5. The fraction of sp³-hybridized carbons (Fsp3) is 0.533. The predicted octanol–water partition coefficient (Wildman–Crippen LogP) is 2.94. The fourth-order valence-corrected chi connectivity index (χ4v) is 1.80. The van der Waals surface area contributed by atoms with Crippen molar-refractivity contribution in [2.24, 2.45) is 5.92 Å². The highest BCUT2D eigenvalue weighted by Gasteiger charge is 2.07. The van der Waals surface area contributed by atoms with Gasteiger partial charge in [-0.25, -0.2) is 0 Å². The summed E-state index contributed by atoms with van der Waals surface area (Å²) < 4.78 is 5.64. The van der Waals surface area contributed by atoms with Gasteiger partial charge in [-0.2, -0.15) is 5.26 Å². The maximum absolute atomic E-state index is 8.80. The van der Waals surface area contributed by atoms with E-state index in [1.807, 2.05) is 37.3 Å². The molecule has 0 spiro atoms. The lowest BCUT2D eigenvalue weighted by molar-refractivity contribution is 0.231. The Morgan fingerprint density at radius 1 is 1.33 bits per heavy atom. The minimum absolute atomic E-state index is 0.0972. The molecule has 0 saturated heterocycles. The zero-order valence-corrected chi connectivity index (χ0v) is 11.3. The first-order valence-corrected chi connectivity index (χ1v) is 6.56. The lowest BCUT2D eigenvalue weighted by Crippen LogP contribution is -2.29. The molecule has 1 aromatic carbocycles. The van der Waals surface area contributed by atoms with Crippen molar-refractivity contribution >= 4 is 0 Å². The standard InChI is InChI=1S/C15H22N2O/c1-3-17(13-14(2)12-16)10-7-11-18-15-8-5-4-6-9-15/h4-6,8-9,14H,3,7,10-11,13H2,1-2H3. The summed E-state index contributed by atoms with van der Waals surface area (Å²) in [7, 11) is 0. The SMILES string of the molecule is CCN(CCCOc1ccccc1)CC(C)C#N. The summed E-state index contributed by atoms with van der Waals surface area (Å²) >= 11 is 0. The van der Waals surface area contributed by atoms with E-state index in [1.165, 1.54) is 0 Å². The molecule has 18 heavy (non-hydrogen) atoms. The number of para-hydroxylation sites is 1. The van der Waals surface area contributed by atoms with Crippen molar-refractivity contribution < 1.29 is 4.74 Å². The number of ether oxygens (including phenoxy) is 1. The van der Waals surface area contributed by atoms with Crippen LogP contribution in [0.1, 0.15) is 20.3 Å². The molecule has 3 nitrogen and oxygen atoms in total. The van der Waals surface area contributed by atoms with Crippen LogP contribution in [0.2, 0.25) is 0 Å². The molecule has 98 valence electrons. The van der Waals surface area contributed by atoms with Gasteiger partial charge < -0.3 is 9.64 Å². The number of nitriles is 1. The summed E-state index contributed by atoms with van der Waals surface area (Å²) in [5.74, 6) is 1.02. The largest absolute Gasteiger partial charge is 0.494 e. The molecule has 0 amide bonds. The summed E-state index contributed by atoms with van der Waals surface area (Å²) in [6.07, 6.45) is 0.987. The van der Waals surface area contributed by atoms with Crippen LogP contribution in [0.15, 0.2) is 30.3 Å². The Balaban J connectivity index is 2.18. The van der Waals surface area contributed by atoms with Crippen LogP contribution >= 0.6 is 0 Å². The van der Waals surface area contributed by atoms with Gasteiger partial charge in [-0.1, -0.05) is 25.1 Å². The van der Waals surface area contributed by atoms with Crippen molar-refractivity contribution in [2.75, 3.05) is 26.2 Å². The summed E-state index contributed by atoms with van der Waals surface area (Å²) in [5, 5.41) is 8.80. The van der Waals surface area contributed by atoms with E-state index in [4.69, 9.17) is 10.00 Å². The maximum atomic E-state index is 8.80. The maximum Gasteiger partial charge on any atom is 0.119 e. The lowest BCUT2D eigenvalue weighted by atomic mass is 10.2. The Morgan fingerprint density at radius 2 is 2.06 bits per heavy atom. The van der Waals surface area contributed by atoms with Gasteiger partial charge in [-0.15, -0.1) is 0 Å². The van der Waals surface area contributed by atoms with Gasteiger partial charge in [0.05, 0.1) is 18.6 Å². The van der Waals surface area contributed by atoms with Crippen LogP contribution in [-0.2, 0) is 0 Å². The smallest absolute Gasteiger partial charge is 0.119 e. The van der Waals surface area contributed by atoms with E-state index in [9.17, 15) is 0 Å². The number of nitrogens with zero attached hydrogens (tertiary/aromatic N) is 2. The van der Waals surface area contributed by atoms with E-state index in [0.29, 0.717) is 0 Å². The van der Waals surface area contributed by atoms with Crippen LogP contribution in [0.4, 0.5) is 0 Å². The number of benzene rings is 1. The van der Waals surface area contributed by atoms with Gasteiger partial charge >= 0.3 is 0 Å². The Morgan fingerprint density at radius 3 is 2.67 bits per heavy atom. The molecular weight excluding hydrogens is 224 g/mol. The molecule has 0 aliphatic heterocycles.